The summed E-state index contributed by atoms with van der Waals surface area (Å²) in [6, 6.07) is 1.06. The smallest absolute Gasteiger partial charge is 0.208 e. The van der Waals surface area contributed by atoms with E-state index in [4.69, 9.17) is 23.2 Å². The van der Waals surface area contributed by atoms with Crippen LogP contribution in [0.4, 0.5) is 4.39 Å². The van der Waals surface area contributed by atoms with Crippen LogP contribution in [-0.2, 0) is 6.42 Å². The summed E-state index contributed by atoms with van der Waals surface area (Å²) < 4.78 is 12.9. The van der Waals surface area contributed by atoms with Crippen molar-refractivity contribution in [3.63, 3.8) is 0 Å². The predicted octanol–water partition coefficient (Wildman–Crippen LogP) is 2.35. The van der Waals surface area contributed by atoms with Gasteiger partial charge in [-0.05, 0) is 11.6 Å². The second-order valence-corrected chi connectivity index (χ2v) is 3.23. The van der Waals surface area contributed by atoms with Gasteiger partial charge >= 0.3 is 0 Å². The molecule has 1 aromatic heterocycles. The molecule has 0 atom stereocenters. The second-order valence-electron chi connectivity index (χ2n) is 2.52. The molecule has 0 N–H and O–H groups in total. The first kappa shape index (κ1) is 11.1. The molecule has 7 heteroatoms. The number of nitro groups is 1. The van der Waals surface area contributed by atoms with E-state index in [1.165, 1.54) is 0 Å². The molecule has 0 aliphatic rings. The van der Waals surface area contributed by atoms with Gasteiger partial charge in [0.25, 0.3) is 0 Å². The lowest BCUT2D eigenvalue weighted by molar-refractivity contribution is -0.479. The minimum Gasteiger partial charge on any atom is -0.265 e. The minimum absolute atomic E-state index is 0.00162. The van der Waals surface area contributed by atoms with Crippen LogP contribution >= 0.6 is 23.2 Å². The number of rotatable bonds is 3. The Bertz CT molecular complexity index is 373. The topological polar surface area (TPSA) is 56.0 Å². The van der Waals surface area contributed by atoms with Gasteiger partial charge in [-0.1, -0.05) is 23.2 Å². The Morgan fingerprint density at radius 2 is 2.14 bits per heavy atom. The van der Waals surface area contributed by atoms with Gasteiger partial charge < -0.3 is 0 Å². The monoisotopic (exact) mass is 238 g/mol. The Labute approximate surface area is 88.8 Å². The fourth-order valence-corrected chi connectivity index (χ4v) is 1.29. The zero-order chi connectivity index (χ0) is 10.7. The molecule has 14 heavy (non-hydrogen) atoms. The third-order valence-corrected chi connectivity index (χ3v) is 2.12. The van der Waals surface area contributed by atoms with Gasteiger partial charge in [-0.3, -0.25) is 10.1 Å². The first-order valence-corrected chi connectivity index (χ1v) is 4.38. The molecule has 0 fully saturated rings. The summed E-state index contributed by atoms with van der Waals surface area (Å²) in [4.78, 5) is 13.0. The maximum Gasteiger partial charge on any atom is 0.208 e. The maximum atomic E-state index is 12.9. The highest BCUT2D eigenvalue weighted by Crippen LogP contribution is 2.20. The lowest BCUT2D eigenvalue weighted by Gasteiger charge is -2.01. The van der Waals surface area contributed by atoms with E-state index in [2.05, 4.69) is 4.98 Å². The number of hydrogen-bond acceptors (Lipinski definition) is 3. The van der Waals surface area contributed by atoms with Crippen LogP contribution in [0.1, 0.15) is 5.56 Å². The van der Waals surface area contributed by atoms with E-state index in [-0.39, 0.29) is 28.8 Å². The molecule has 0 unspecified atom stereocenters. The molecule has 0 bridgehead atoms. The molecule has 0 aromatic carbocycles. The lowest BCUT2D eigenvalue weighted by atomic mass is 10.2. The van der Waals surface area contributed by atoms with Gasteiger partial charge in [0.05, 0.1) is 0 Å². The zero-order valence-corrected chi connectivity index (χ0v) is 8.35. The normalized spacial score (nSPS) is 10.2. The van der Waals surface area contributed by atoms with E-state index in [1.54, 1.807) is 0 Å². The Kier molecular flexibility index (Phi) is 3.60. The van der Waals surface area contributed by atoms with Crippen LogP contribution in [0.25, 0.3) is 0 Å². The van der Waals surface area contributed by atoms with Crippen molar-refractivity contribution in [3.8, 4) is 0 Å². The van der Waals surface area contributed by atoms with Gasteiger partial charge in [0.1, 0.15) is 5.15 Å². The molecule has 0 aliphatic heterocycles. The number of pyridine rings is 1. The van der Waals surface area contributed by atoms with Crippen molar-refractivity contribution in [1.29, 1.82) is 0 Å². The fourth-order valence-electron chi connectivity index (χ4n) is 0.871. The highest BCUT2D eigenvalue weighted by molar-refractivity contribution is 6.32. The number of aromatic nitrogens is 1. The first-order chi connectivity index (χ1) is 6.50. The first-order valence-electron chi connectivity index (χ1n) is 3.63. The van der Waals surface area contributed by atoms with Crippen molar-refractivity contribution in [2.45, 2.75) is 6.42 Å². The van der Waals surface area contributed by atoms with Gasteiger partial charge in [-0.2, -0.15) is 0 Å². The summed E-state index contributed by atoms with van der Waals surface area (Å²) in [5.74, 6) is -0.727. The van der Waals surface area contributed by atoms with E-state index in [9.17, 15) is 14.5 Å². The molecular formula is C7H5Cl2FN2O2. The number of hydrogen-bond donors (Lipinski definition) is 0. The van der Waals surface area contributed by atoms with Crippen molar-refractivity contribution >= 4 is 23.2 Å². The van der Waals surface area contributed by atoms with Crippen LogP contribution in [0.5, 0.6) is 0 Å². The summed E-state index contributed by atoms with van der Waals surface area (Å²) in [7, 11) is 0. The van der Waals surface area contributed by atoms with Crippen LogP contribution in [0.2, 0.25) is 10.3 Å². The molecular weight excluding hydrogens is 234 g/mol. The molecule has 76 valence electrons. The molecule has 0 radical (unpaired) electrons. The van der Waals surface area contributed by atoms with E-state index >= 15 is 0 Å². The number of halogens is 3. The Balaban J connectivity index is 2.87. The molecule has 0 spiro atoms. The van der Waals surface area contributed by atoms with Gasteiger partial charge in [-0.25, -0.2) is 9.37 Å². The van der Waals surface area contributed by atoms with Crippen LogP contribution in [-0.4, -0.2) is 16.5 Å². The molecule has 0 aliphatic carbocycles. The predicted molar refractivity (Wildman–Crippen MR) is 49.8 cm³/mol. The molecule has 1 rings (SSSR count). The van der Waals surface area contributed by atoms with Crippen molar-refractivity contribution in [2.24, 2.45) is 0 Å². The fraction of sp³-hybridized carbons (Fsp3) is 0.286. The number of nitrogens with zero attached hydrogens (tertiary/aromatic N) is 2. The lowest BCUT2D eigenvalue weighted by Crippen LogP contribution is -2.05. The summed E-state index contributed by atoms with van der Waals surface area (Å²) in [6.45, 7) is -0.317. The summed E-state index contributed by atoms with van der Waals surface area (Å²) >= 11 is 10.9. The SMILES string of the molecule is O=[N+]([O-])CCc1cc(F)c(Cl)nc1Cl. The van der Waals surface area contributed by atoms with E-state index in [0.717, 1.165) is 6.07 Å². The van der Waals surface area contributed by atoms with E-state index < -0.39 is 10.7 Å². The minimum atomic E-state index is -0.727. The standard InChI is InChI=1S/C7H5Cl2FN2O2/c8-6-4(1-2-12(13)14)3-5(10)7(9)11-6/h3H,1-2H2. The molecule has 1 heterocycles. The van der Waals surface area contributed by atoms with Crippen LogP contribution in [0, 0.1) is 15.9 Å². The maximum absolute atomic E-state index is 12.9. The summed E-state index contributed by atoms with van der Waals surface area (Å²) in [6.07, 6.45) is 0.0346. The summed E-state index contributed by atoms with van der Waals surface area (Å²) in [5, 5.41) is 9.72. The van der Waals surface area contributed by atoms with Gasteiger partial charge in [0, 0.05) is 11.3 Å². The van der Waals surface area contributed by atoms with Gasteiger partial charge in [0.2, 0.25) is 6.54 Å². The quantitative estimate of drug-likeness (QED) is 0.462. The average Bonchev–Trinajstić information content (AvgIpc) is 2.09. The molecule has 0 saturated carbocycles. The molecule has 0 amide bonds. The highest BCUT2D eigenvalue weighted by Gasteiger charge is 2.10. The highest BCUT2D eigenvalue weighted by atomic mass is 35.5. The molecule has 4 nitrogen and oxygen atoms in total. The zero-order valence-electron chi connectivity index (χ0n) is 6.84. The average molecular weight is 239 g/mol. The third kappa shape index (κ3) is 2.78. The van der Waals surface area contributed by atoms with E-state index in [1.807, 2.05) is 0 Å². The summed E-state index contributed by atoms with van der Waals surface area (Å²) in [5.41, 5.74) is 0.283. The van der Waals surface area contributed by atoms with Crippen LogP contribution in [0.3, 0.4) is 0 Å². The van der Waals surface area contributed by atoms with E-state index in [0.29, 0.717) is 0 Å². The Morgan fingerprint density at radius 3 is 2.71 bits per heavy atom. The Hall–Kier alpha value is -0.940. The van der Waals surface area contributed by atoms with Crippen molar-refractivity contribution in [2.75, 3.05) is 6.54 Å². The van der Waals surface area contributed by atoms with Gasteiger partial charge in [0.15, 0.2) is 11.0 Å². The largest absolute Gasteiger partial charge is 0.265 e. The van der Waals surface area contributed by atoms with Crippen LogP contribution < -0.4 is 0 Å². The Morgan fingerprint density at radius 1 is 1.50 bits per heavy atom. The van der Waals surface area contributed by atoms with Gasteiger partial charge in [-0.15, -0.1) is 0 Å². The van der Waals surface area contributed by atoms with Crippen LogP contribution in [0.15, 0.2) is 6.07 Å². The van der Waals surface area contributed by atoms with Crippen molar-refractivity contribution in [1.82, 2.24) is 4.98 Å². The molecule has 1 aromatic rings. The third-order valence-electron chi connectivity index (χ3n) is 1.52. The second kappa shape index (κ2) is 4.52. The molecule has 0 saturated heterocycles. The van der Waals surface area contributed by atoms with Crippen molar-refractivity contribution < 1.29 is 9.31 Å². The van der Waals surface area contributed by atoms with Crippen molar-refractivity contribution in [3.05, 3.63) is 37.9 Å².